The molecule has 3 heterocycles. The molecule has 2 aliphatic rings. The van der Waals surface area contributed by atoms with Gasteiger partial charge in [0.05, 0.1) is 30.2 Å². The van der Waals surface area contributed by atoms with Gasteiger partial charge in [-0.1, -0.05) is 12.1 Å². The van der Waals surface area contributed by atoms with Crippen molar-refractivity contribution in [1.82, 2.24) is 14.9 Å². The van der Waals surface area contributed by atoms with Crippen LogP contribution in [0.4, 0.5) is 10.3 Å². The minimum Gasteiger partial charge on any atom is -0.379 e. The Kier molecular flexibility index (Phi) is 6.06. The van der Waals surface area contributed by atoms with Gasteiger partial charge < -0.3 is 19.5 Å². The first-order valence-corrected chi connectivity index (χ1v) is 11.8. The molecule has 2 aliphatic heterocycles. The first-order valence-electron chi connectivity index (χ1n) is 11.8. The lowest BCUT2D eigenvalue weighted by Gasteiger charge is -2.33. The number of hydrogen-bond donors (Lipinski definition) is 1. The average molecular weight is 451 g/mol. The average Bonchev–Trinajstić information content (AvgIpc) is 3.44. The quantitative estimate of drug-likeness (QED) is 0.639. The first kappa shape index (κ1) is 21.9. The Morgan fingerprint density at radius 1 is 1.12 bits per heavy atom. The third kappa shape index (κ3) is 4.60. The van der Waals surface area contributed by atoms with E-state index in [2.05, 4.69) is 40.8 Å². The number of piperidine rings is 1. The number of anilines is 1. The van der Waals surface area contributed by atoms with Crippen LogP contribution in [0.15, 0.2) is 36.4 Å². The molecule has 5 rings (SSSR count). The van der Waals surface area contributed by atoms with Crippen LogP contribution in [0.1, 0.15) is 36.0 Å². The maximum Gasteiger partial charge on any atom is 0.223 e. The van der Waals surface area contributed by atoms with Crippen LogP contribution in [0.2, 0.25) is 0 Å². The van der Waals surface area contributed by atoms with E-state index in [9.17, 15) is 9.18 Å². The van der Waals surface area contributed by atoms with Gasteiger partial charge in [0.2, 0.25) is 11.9 Å². The van der Waals surface area contributed by atoms with Crippen molar-refractivity contribution in [1.29, 1.82) is 0 Å². The maximum atomic E-state index is 13.4. The van der Waals surface area contributed by atoms with Crippen molar-refractivity contribution in [2.24, 2.45) is 5.92 Å². The normalized spacial score (nSPS) is 19.4. The molecule has 33 heavy (non-hydrogen) atoms. The SMILES string of the molecule is Cc1cc2nc(N3CCC(C(=O)NC4CCOC4)CC3)n(Cc3ccc(F)cc3)c2cc1C. The molecule has 2 aromatic carbocycles. The van der Waals surface area contributed by atoms with Crippen LogP contribution in [-0.4, -0.2) is 47.8 Å². The Morgan fingerprint density at radius 3 is 2.55 bits per heavy atom. The van der Waals surface area contributed by atoms with Crippen molar-refractivity contribution in [3.8, 4) is 0 Å². The number of nitrogens with zero attached hydrogens (tertiary/aromatic N) is 3. The van der Waals surface area contributed by atoms with Crippen LogP contribution in [0.25, 0.3) is 11.0 Å². The number of carbonyl (C=O) groups excluding carboxylic acids is 1. The fourth-order valence-electron chi connectivity index (χ4n) is 4.85. The van der Waals surface area contributed by atoms with E-state index in [1.54, 1.807) is 0 Å². The lowest BCUT2D eigenvalue weighted by Crippen LogP contribution is -2.44. The fourth-order valence-corrected chi connectivity index (χ4v) is 4.85. The number of amides is 1. The van der Waals surface area contributed by atoms with Gasteiger partial charge >= 0.3 is 0 Å². The number of imidazole rings is 1. The number of hydrogen-bond acceptors (Lipinski definition) is 4. The predicted molar refractivity (Wildman–Crippen MR) is 127 cm³/mol. The van der Waals surface area contributed by atoms with Crippen LogP contribution in [0.5, 0.6) is 0 Å². The summed E-state index contributed by atoms with van der Waals surface area (Å²) in [6.45, 7) is 7.75. The standard InChI is InChI=1S/C26H31FN4O2/c1-17-13-23-24(14-18(17)2)31(15-19-3-5-21(27)6-4-19)26(29-23)30-10-7-20(8-11-30)25(32)28-22-9-12-33-16-22/h3-6,13-14,20,22H,7-12,15-16H2,1-2H3,(H,28,32). The highest BCUT2D eigenvalue weighted by Crippen LogP contribution is 2.30. The molecule has 1 amide bonds. The molecule has 1 unspecified atom stereocenters. The van der Waals surface area contributed by atoms with Crippen molar-refractivity contribution in [2.45, 2.75) is 45.7 Å². The number of aryl methyl sites for hydroxylation is 2. The Labute approximate surface area is 193 Å². The monoisotopic (exact) mass is 450 g/mol. The van der Waals surface area contributed by atoms with E-state index < -0.39 is 0 Å². The van der Waals surface area contributed by atoms with Crippen LogP contribution in [0.3, 0.4) is 0 Å². The summed E-state index contributed by atoms with van der Waals surface area (Å²) in [5.74, 6) is 0.866. The topological polar surface area (TPSA) is 59.4 Å². The Morgan fingerprint density at radius 2 is 1.85 bits per heavy atom. The number of rotatable bonds is 5. The van der Waals surface area contributed by atoms with E-state index in [0.29, 0.717) is 13.2 Å². The van der Waals surface area contributed by atoms with E-state index >= 15 is 0 Å². The van der Waals surface area contributed by atoms with E-state index in [1.165, 1.54) is 23.3 Å². The third-order valence-electron chi connectivity index (χ3n) is 7.02. The molecule has 1 N–H and O–H groups in total. The summed E-state index contributed by atoms with van der Waals surface area (Å²) < 4.78 is 21.1. The summed E-state index contributed by atoms with van der Waals surface area (Å²) in [7, 11) is 0. The van der Waals surface area contributed by atoms with Gasteiger partial charge in [0.25, 0.3) is 0 Å². The minimum atomic E-state index is -0.231. The van der Waals surface area contributed by atoms with E-state index in [0.717, 1.165) is 61.5 Å². The van der Waals surface area contributed by atoms with Crippen LogP contribution in [0, 0.1) is 25.6 Å². The third-order valence-corrected chi connectivity index (χ3v) is 7.02. The highest BCUT2D eigenvalue weighted by Gasteiger charge is 2.29. The lowest BCUT2D eigenvalue weighted by atomic mass is 9.95. The van der Waals surface area contributed by atoms with Gasteiger partial charge in [-0.15, -0.1) is 0 Å². The number of carbonyl (C=O) groups is 1. The van der Waals surface area contributed by atoms with Gasteiger partial charge in [-0.25, -0.2) is 9.37 Å². The zero-order valence-corrected chi connectivity index (χ0v) is 19.3. The summed E-state index contributed by atoms with van der Waals surface area (Å²) in [6, 6.07) is 11.1. The van der Waals surface area contributed by atoms with Crippen molar-refractivity contribution >= 4 is 22.9 Å². The van der Waals surface area contributed by atoms with Crippen molar-refractivity contribution in [3.63, 3.8) is 0 Å². The second kappa shape index (κ2) is 9.14. The molecule has 1 atom stereocenters. The lowest BCUT2D eigenvalue weighted by molar-refractivity contribution is -0.126. The molecular weight excluding hydrogens is 419 g/mol. The van der Waals surface area contributed by atoms with Crippen LogP contribution < -0.4 is 10.2 Å². The fraction of sp³-hybridized carbons (Fsp3) is 0.462. The van der Waals surface area contributed by atoms with Crippen LogP contribution >= 0.6 is 0 Å². The molecular formula is C26H31FN4O2. The van der Waals surface area contributed by atoms with Gasteiger partial charge in [0, 0.05) is 25.6 Å². The highest BCUT2D eigenvalue weighted by molar-refractivity contribution is 5.81. The predicted octanol–water partition coefficient (Wildman–Crippen LogP) is 3.96. The Balaban J connectivity index is 1.38. The number of halogens is 1. The number of aromatic nitrogens is 2. The van der Waals surface area contributed by atoms with Gasteiger partial charge in [0.1, 0.15) is 5.82 Å². The molecule has 0 bridgehead atoms. The molecule has 0 radical (unpaired) electrons. The van der Waals surface area contributed by atoms with Gasteiger partial charge in [0.15, 0.2) is 0 Å². The van der Waals surface area contributed by atoms with Gasteiger partial charge in [-0.2, -0.15) is 0 Å². The molecule has 7 heteroatoms. The number of benzene rings is 2. The molecule has 1 aromatic heterocycles. The second-order valence-corrected chi connectivity index (χ2v) is 9.38. The Bertz CT molecular complexity index is 1140. The summed E-state index contributed by atoms with van der Waals surface area (Å²) in [5.41, 5.74) is 5.52. The largest absolute Gasteiger partial charge is 0.379 e. The van der Waals surface area contributed by atoms with E-state index in [4.69, 9.17) is 9.72 Å². The smallest absolute Gasteiger partial charge is 0.223 e. The molecule has 2 fully saturated rings. The van der Waals surface area contributed by atoms with Gasteiger partial charge in [-0.3, -0.25) is 4.79 Å². The summed E-state index contributed by atoms with van der Waals surface area (Å²) in [4.78, 5) is 20.0. The molecule has 174 valence electrons. The number of nitrogens with one attached hydrogen (secondary N) is 1. The summed E-state index contributed by atoms with van der Waals surface area (Å²) in [5, 5.41) is 3.15. The molecule has 0 saturated carbocycles. The maximum absolute atomic E-state index is 13.4. The molecule has 6 nitrogen and oxygen atoms in total. The minimum absolute atomic E-state index is 0.0289. The summed E-state index contributed by atoms with van der Waals surface area (Å²) >= 11 is 0. The van der Waals surface area contributed by atoms with Gasteiger partial charge in [-0.05, 0) is 74.1 Å². The highest BCUT2D eigenvalue weighted by atomic mass is 19.1. The van der Waals surface area contributed by atoms with E-state index in [1.807, 2.05) is 12.1 Å². The zero-order chi connectivity index (χ0) is 22.9. The second-order valence-electron chi connectivity index (χ2n) is 9.38. The summed E-state index contributed by atoms with van der Waals surface area (Å²) in [6.07, 6.45) is 2.51. The van der Waals surface area contributed by atoms with Crippen molar-refractivity contribution in [2.75, 3.05) is 31.2 Å². The van der Waals surface area contributed by atoms with E-state index in [-0.39, 0.29) is 23.7 Å². The Hall–Kier alpha value is -2.93. The molecule has 0 spiro atoms. The molecule has 0 aliphatic carbocycles. The molecule has 3 aromatic rings. The number of ether oxygens (including phenoxy) is 1. The number of fused-ring (bicyclic) bond motifs is 1. The first-order chi connectivity index (χ1) is 16.0. The van der Waals surface area contributed by atoms with Crippen molar-refractivity contribution in [3.05, 3.63) is 58.9 Å². The van der Waals surface area contributed by atoms with Crippen molar-refractivity contribution < 1.29 is 13.9 Å². The molecule has 2 saturated heterocycles. The van der Waals surface area contributed by atoms with Crippen LogP contribution in [-0.2, 0) is 16.1 Å². The zero-order valence-electron chi connectivity index (χ0n) is 19.3.